The third-order valence-electron chi connectivity index (χ3n) is 7.59. The van der Waals surface area contributed by atoms with Gasteiger partial charge in [-0.05, 0) is 54.3 Å². The van der Waals surface area contributed by atoms with Crippen molar-refractivity contribution in [1.82, 2.24) is 9.88 Å². The van der Waals surface area contributed by atoms with Gasteiger partial charge in [0.1, 0.15) is 49.3 Å². The van der Waals surface area contributed by atoms with Crippen molar-refractivity contribution in [3.8, 4) is 28.7 Å². The summed E-state index contributed by atoms with van der Waals surface area (Å²) in [6, 6.07) is 20.0. The third-order valence-corrected chi connectivity index (χ3v) is 7.59. The highest BCUT2D eigenvalue weighted by Gasteiger charge is 2.29. The Bertz CT molecular complexity index is 1640. The van der Waals surface area contributed by atoms with Crippen molar-refractivity contribution in [1.29, 1.82) is 5.26 Å². The lowest BCUT2D eigenvalue weighted by atomic mass is 9.96. The molecule has 1 saturated heterocycles. The average Bonchev–Trinajstić information content (AvgIpc) is 3.03. The lowest BCUT2D eigenvalue weighted by Crippen LogP contribution is -2.44. The highest BCUT2D eigenvalue weighted by Crippen LogP contribution is 2.32. The molecule has 2 heterocycles. The van der Waals surface area contributed by atoms with E-state index in [0.29, 0.717) is 64.4 Å². The summed E-state index contributed by atoms with van der Waals surface area (Å²) in [5.41, 5.74) is 3.65. The topological polar surface area (TPSA) is 95.7 Å². The van der Waals surface area contributed by atoms with Gasteiger partial charge in [0.25, 0.3) is 0 Å². The molecule has 5 rings (SSSR count). The van der Waals surface area contributed by atoms with E-state index < -0.39 is 24.5 Å². The van der Waals surface area contributed by atoms with Crippen molar-refractivity contribution >= 4 is 5.97 Å². The van der Waals surface area contributed by atoms with Crippen molar-refractivity contribution in [2.75, 3.05) is 6.54 Å². The molecule has 0 aliphatic carbocycles. The van der Waals surface area contributed by atoms with Crippen LogP contribution in [-0.2, 0) is 31.2 Å². The Morgan fingerprint density at radius 2 is 1.84 bits per heavy atom. The molecule has 0 bridgehead atoms. The summed E-state index contributed by atoms with van der Waals surface area (Å²) in [4.78, 5) is 17.9. The number of hydrogen-bond acceptors (Lipinski definition) is 6. The van der Waals surface area contributed by atoms with Crippen molar-refractivity contribution in [3.63, 3.8) is 0 Å². The lowest BCUT2D eigenvalue weighted by molar-refractivity contribution is -0.144. The van der Waals surface area contributed by atoms with Crippen LogP contribution >= 0.6 is 0 Å². The summed E-state index contributed by atoms with van der Waals surface area (Å²) in [7, 11) is 0. The minimum Gasteiger partial charge on any atom is -0.489 e. The van der Waals surface area contributed by atoms with Gasteiger partial charge in [-0.2, -0.15) is 5.26 Å². The summed E-state index contributed by atoms with van der Waals surface area (Å²) in [5, 5.41) is 19.0. The van der Waals surface area contributed by atoms with Gasteiger partial charge < -0.3 is 14.6 Å². The highest BCUT2D eigenvalue weighted by molar-refractivity contribution is 5.73. The molecule has 0 spiro atoms. The van der Waals surface area contributed by atoms with E-state index in [1.807, 2.05) is 11.0 Å². The molecule has 7 nitrogen and oxygen atoms in total. The number of carboxylic acids is 1. The summed E-state index contributed by atoms with van der Waals surface area (Å²) in [6.07, 6.45) is 5.45. The molecule has 1 aromatic heterocycles. The quantitative estimate of drug-likeness (QED) is 0.207. The normalized spacial score (nSPS) is 15.0. The summed E-state index contributed by atoms with van der Waals surface area (Å²) >= 11 is 0. The van der Waals surface area contributed by atoms with Crippen LogP contribution in [0.3, 0.4) is 0 Å². The number of ether oxygens (including phenoxy) is 2. The molecule has 1 N–H and O–H groups in total. The molecule has 1 aliphatic rings. The molecule has 1 aliphatic heterocycles. The fraction of sp³-hybridized carbons (Fsp3) is 0.265. The smallest absolute Gasteiger partial charge is 0.320 e. The molecule has 9 heteroatoms. The first-order valence-corrected chi connectivity index (χ1v) is 14.1. The molecular formula is C34H31F2N3O4. The number of aromatic nitrogens is 1. The fourth-order valence-corrected chi connectivity index (χ4v) is 5.38. The van der Waals surface area contributed by atoms with Crippen LogP contribution in [0.25, 0.3) is 11.1 Å². The first-order valence-electron chi connectivity index (χ1n) is 14.1. The number of nitriles is 1. The van der Waals surface area contributed by atoms with E-state index in [1.165, 1.54) is 12.3 Å². The van der Waals surface area contributed by atoms with E-state index in [2.05, 4.69) is 11.1 Å². The number of alkyl halides is 1. The monoisotopic (exact) mass is 583 g/mol. The van der Waals surface area contributed by atoms with Gasteiger partial charge in [0.2, 0.25) is 0 Å². The van der Waals surface area contributed by atoms with E-state index in [1.54, 1.807) is 60.8 Å². The van der Waals surface area contributed by atoms with Gasteiger partial charge in [-0.15, -0.1) is 0 Å². The minimum atomic E-state index is -0.845. The SMILES string of the molecule is N#Cc1cncc(COc2cc(OCc3cccc(-c4ccccc4F)c3CF)ccc2CN2CCCCC2C(=O)O)c1. The molecule has 1 unspecified atom stereocenters. The van der Waals surface area contributed by atoms with Crippen molar-refractivity contribution in [2.24, 2.45) is 0 Å². The Morgan fingerprint density at radius 3 is 2.63 bits per heavy atom. The average molecular weight is 584 g/mol. The van der Waals surface area contributed by atoms with Crippen LogP contribution in [0.5, 0.6) is 11.5 Å². The number of nitrogens with zero attached hydrogens (tertiary/aromatic N) is 3. The van der Waals surface area contributed by atoms with Crippen molar-refractivity contribution in [3.05, 3.63) is 113 Å². The number of hydrogen-bond donors (Lipinski definition) is 1. The lowest BCUT2D eigenvalue weighted by Gasteiger charge is -2.33. The van der Waals surface area contributed by atoms with Gasteiger partial charge in [0.15, 0.2) is 0 Å². The Labute approximate surface area is 248 Å². The zero-order valence-corrected chi connectivity index (χ0v) is 23.5. The van der Waals surface area contributed by atoms with E-state index in [0.717, 1.165) is 18.4 Å². The molecule has 0 amide bonds. The zero-order chi connectivity index (χ0) is 30.2. The van der Waals surface area contributed by atoms with E-state index in [4.69, 9.17) is 9.47 Å². The second-order valence-electron chi connectivity index (χ2n) is 10.4. The predicted molar refractivity (Wildman–Crippen MR) is 156 cm³/mol. The first-order chi connectivity index (χ1) is 21.0. The second kappa shape index (κ2) is 13.9. The van der Waals surface area contributed by atoms with Gasteiger partial charge in [-0.3, -0.25) is 14.7 Å². The molecule has 43 heavy (non-hydrogen) atoms. The maximum Gasteiger partial charge on any atom is 0.320 e. The standard InChI is InChI=1S/C34H31F2N3O4/c35-16-30-26(6-5-8-28(30)29-7-1-2-9-31(29)36)22-42-27-12-11-25(20-39-13-4-3-10-32(39)34(40)41)33(15-27)43-21-24-14-23(17-37)18-38-19-24/h1-2,5-9,11-12,14-15,18-19,32H,3-4,10,13,16,20-22H2,(H,40,41). The van der Waals surface area contributed by atoms with Gasteiger partial charge in [0, 0.05) is 41.7 Å². The molecule has 220 valence electrons. The van der Waals surface area contributed by atoms with Crippen LogP contribution in [0.1, 0.15) is 47.1 Å². The predicted octanol–water partition coefficient (Wildman–Crippen LogP) is 6.83. The summed E-state index contributed by atoms with van der Waals surface area (Å²) in [5.74, 6) is -0.303. The third kappa shape index (κ3) is 7.16. The van der Waals surface area contributed by atoms with Crippen LogP contribution in [-0.4, -0.2) is 33.5 Å². The summed E-state index contributed by atoms with van der Waals surface area (Å²) in [6.45, 7) is 0.430. The van der Waals surface area contributed by atoms with E-state index >= 15 is 0 Å². The van der Waals surface area contributed by atoms with Gasteiger partial charge in [-0.1, -0.05) is 48.9 Å². The fourth-order valence-electron chi connectivity index (χ4n) is 5.38. The largest absolute Gasteiger partial charge is 0.489 e. The number of carboxylic acid groups (broad SMARTS) is 1. The van der Waals surface area contributed by atoms with Crippen LogP contribution in [0, 0.1) is 17.1 Å². The number of piperidine rings is 1. The number of pyridine rings is 1. The molecular weight excluding hydrogens is 552 g/mol. The molecule has 4 aromatic rings. The number of aliphatic carboxylic acids is 1. The molecule has 0 saturated carbocycles. The minimum absolute atomic E-state index is 0.0433. The van der Waals surface area contributed by atoms with E-state index in [-0.39, 0.29) is 13.2 Å². The maximum atomic E-state index is 14.5. The van der Waals surface area contributed by atoms with E-state index in [9.17, 15) is 23.9 Å². The Balaban J connectivity index is 1.40. The van der Waals surface area contributed by atoms with Crippen LogP contribution in [0.15, 0.2) is 79.1 Å². The van der Waals surface area contributed by atoms with Gasteiger partial charge in [0.05, 0.1) is 5.56 Å². The molecule has 0 radical (unpaired) electrons. The molecule has 1 atom stereocenters. The Kier molecular flexibility index (Phi) is 9.59. The van der Waals surface area contributed by atoms with Crippen LogP contribution in [0.4, 0.5) is 8.78 Å². The Hall–Kier alpha value is -4.81. The number of rotatable bonds is 11. The summed E-state index contributed by atoms with van der Waals surface area (Å²) < 4.78 is 41.0. The van der Waals surface area contributed by atoms with Gasteiger partial charge in [-0.25, -0.2) is 8.78 Å². The highest BCUT2D eigenvalue weighted by atomic mass is 19.1. The first kappa shape index (κ1) is 29.7. The number of carbonyl (C=O) groups is 1. The Morgan fingerprint density at radius 1 is 1.00 bits per heavy atom. The van der Waals surface area contributed by atoms with Crippen LogP contribution < -0.4 is 9.47 Å². The van der Waals surface area contributed by atoms with Crippen molar-refractivity contribution in [2.45, 2.75) is 51.7 Å². The maximum absolute atomic E-state index is 14.5. The second-order valence-corrected chi connectivity index (χ2v) is 10.4. The van der Waals surface area contributed by atoms with Gasteiger partial charge >= 0.3 is 5.97 Å². The number of likely N-dealkylation sites (tertiary alicyclic amines) is 1. The van der Waals surface area contributed by atoms with Crippen molar-refractivity contribution < 1.29 is 28.2 Å². The zero-order valence-electron chi connectivity index (χ0n) is 23.5. The number of benzene rings is 3. The number of halogens is 2. The van der Waals surface area contributed by atoms with Crippen LogP contribution in [0.2, 0.25) is 0 Å². The molecule has 1 fully saturated rings. The molecule has 3 aromatic carbocycles.